The van der Waals surface area contributed by atoms with Gasteiger partial charge in [-0.25, -0.2) is 14.1 Å². The first-order valence-corrected chi connectivity index (χ1v) is 7.16. The summed E-state index contributed by atoms with van der Waals surface area (Å²) in [6.45, 7) is 3.62. The minimum Gasteiger partial charge on any atom is -0.447 e. The number of hydrogen-bond donors (Lipinski definition) is 0. The number of alkyl halides is 3. The minimum atomic E-state index is -4.77. The van der Waals surface area contributed by atoms with Gasteiger partial charge in [-0.15, -0.1) is 0 Å². The van der Waals surface area contributed by atoms with Gasteiger partial charge in [0.25, 0.3) is 5.91 Å². The maximum atomic E-state index is 13.1. The summed E-state index contributed by atoms with van der Waals surface area (Å²) < 4.78 is 56.6. The van der Waals surface area contributed by atoms with Crippen LogP contribution in [0.5, 0.6) is 0 Å². The lowest BCUT2D eigenvalue weighted by molar-refractivity contribution is -0.138. The van der Waals surface area contributed by atoms with Gasteiger partial charge in [0.2, 0.25) is 0 Å². The van der Waals surface area contributed by atoms with Crippen LogP contribution in [0.15, 0.2) is 24.3 Å². The zero-order valence-corrected chi connectivity index (χ0v) is 12.9. The van der Waals surface area contributed by atoms with Crippen LogP contribution in [-0.4, -0.2) is 29.5 Å². The summed E-state index contributed by atoms with van der Waals surface area (Å²) in [4.78, 5) is 24.7. The van der Waals surface area contributed by atoms with E-state index in [-0.39, 0.29) is 18.1 Å². The summed E-state index contributed by atoms with van der Waals surface area (Å²) >= 11 is 0. The Labute approximate surface area is 135 Å². The predicted molar refractivity (Wildman–Crippen MR) is 77.3 cm³/mol. The quantitative estimate of drug-likeness (QED) is 0.617. The van der Waals surface area contributed by atoms with Crippen LogP contribution in [0.3, 0.4) is 0 Å². The molecule has 4 nitrogen and oxygen atoms in total. The fourth-order valence-electron chi connectivity index (χ4n) is 2.34. The van der Waals surface area contributed by atoms with E-state index in [4.69, 9.17) is 4.74 Å². The largest absolute Gasteiger partial charge is 0.447 e. The van der Waals surface area contributed by atoms with Crippen molar-refractivity contribution in [2.24, 2.45) is 5.92 Å². The average Bonchev–Trinajstić information content (AvgIpc) is 2.86. The molecule has 24 heavy (non-hydrogen) atoms. The Morgan fingerprint density at radius 1 is 1.38 bits per heavy atom. The van der Waals surface area contributed by atoms with E-state index in [2.05, 4.69) is 0 Å². The van der Waals surface area contributed by atoms with Crippen molar-refractivity contribution in [3.8, 4) is 0 Å². The van der Waals surface area contributed by atoms with Crippen molar-refractivity contribution in [2.45, 2.75) is 26.1 Å². The molecule has 0 unspecified atom stereocenters. The van der Waals surface area contributed by atoms with E-state index in [0.717, 1.165) is 29.2 Å². The van der Waals surface area contributed by atoms with Crippen molar-refractivity contribution in [3.63, 3.8) is 0 Å². The SMILES string of the molecule is CC(C)[C@H]1COC(=O)N1C(=O)/C=C/c1ccc(F)cc1C(F)(F)F. The molecule has 0 bridgehead atoms. The number of halogens is 4. The maximum absolute atomic E-state index is 13.1. The molecule has 2 rings (SSSR count). The normalized spacial score (nSPS) is 18.5. The van der Waals surface area contributed by atoms with E-state index < -0.39 is 35.6 Å². The lowest BCUT2D eigenvalue weighted by Crippen LogP contribution is -2.40. The number of ether oxygens (including phenoxy) is 1. The van der Waals surface area contributed by atoms with Gasteiger partial charge >= 0.3 is 12.3 Å². The summed E-state index contributed by atoms with van der Waals surface area (Å²) in [6, 6.07) is 1.65. The summed E-state index contributed by atoms with van der Waals surface area (Å²) in [7, 11) is 0. The van der Waals surface area contributed by atoms with E-state index in [9.17, 15) is 27.2 Å². The second kappa shape index (κ2) is 6.62. The first kappa shape index (κ1) is 18.0. The van der Waals surface area contributed by atoms with Gasteiger partial charge in [0.15, 0.2) is 0 Å². The maximum Gasteiger partial charge on any atom is 0.417 e. The second-order valence-corrected chi connectivity index (χ2v) is 5.66. The molecule has 130 valence electrons. The highest BCUT2D eigenvalue weighted by Crippen LogP contribution is 2.33. The smallest absolute Gasteiger partial charge is 0.417 e. The predicted octanol–water partition coefficient (Wildman–Crippen LogP) is 3.86. The minimum absolute atomic E-state index is 0.0421. The standard InChI is InChI=1S/C16H15F4NO3/c1-9(2)13-8-24-15(23)21(13)14(22)6-4-10-3-5-11(17)7-12(10)16(18,19)20/h3-7,9,13H,8H2,1-2H3/b6-4+/t13-/m1/s1. The van der Waals surface area contributed by atoms with Gasteiger partial charge in [0, 0.05) is 6.08 Å². The molecule has 8 heteroatoms. The highest BCUT2D eigenvalue weighted by atomic mass is 19.4. The number of nitrogens with zero attached hydrogens (tertiary/aromatic N) is 1. The topological polar surface area (TPSA) is 46.6 Å². The van der Waals surface area contributed by atoms with Crippen LogP contribution in [-0.2, 0) is 15.7 Å². The average molecular weight is 345 g/mol. The van der Waals surface area contributed by atoms with Gasteiger partial charge in [-0.1, -0.05) is 19.9 Å². The Kier molecular flexibility index (Phi) is 4.96. The Balaban J connectivity index is 2.28. The summed E-state index contributed by atoms with van der Waals surface area (Å²) in [5, 5.41) is 0. The molecule has 0 aliphatic carbocycles. The lowest BCUT2D eigenvalue weighted by Gasteiger charge is -2.21. The van der Waals surface area contributed by atoms with Crippen molar-refractivity contribution in [2.75, 3.05) is 6.61 Å². The van der Waals surface area contributed by atoms with Crippen LogP contribution in [0.4, 0.5) is 22.4 Å². The third kappa shape index (κ3) is 3.74. The number of carbonyl (C=O) groups excluding carboxylic acids is 2. The number of benzene rings is 1. The zero-order valence-electron chi connectivity index (χ0n) is 12.9. The third-order valence-electron chi connectivity index (χ3n) is 3.64. The number of amides is 2. The van der Waals surface area contributed by atoms with Crippen molar-refractivity contribution in [1.82, 2.24) is 4.90 Å². The van der Waals surface area contributed by atoms with Gasteiger partial charge in [-0.05, 0) is 29.7 Å². The van der Waals surface area contributed by atoms with E-state index in [0.29, 0.717) is 6.07 Å². The molecule has 1 saturated heterocycles. The number of carbonyl (C=O) groups is 2. The molecule has 0 radical (unpaired) electrons. The van der Waals surface area contributed by atoms with Crippen molar-refractivity contribution >= 4 is 18.1 Å². The first-order chi connectivity index (χ1) is 11.1. The summed E-state index contributed by atoms with van der Waals surface area (Å²) in [5.74, 6) is -1.88. The highest BCUT2D eigenvalue weighted by molar-refractivity contribution is 6.02. The molecule has 0 spiro atoms. The Morgan fingerprint density at radius 3 is 2.62 bits per heavy atom. The highest BCUT2D eigenvalue weighted by Gasteiger charge is 2.38. The van der Waals surface area contributed by atoms with Crippen LogP contribution in [0, 0.1) is 11.7 Å². The summed E-state index contributed by atoms with van der Waals surface area (Å²) in [6.07, 6.45) is -3.84. The Hall–Kier alpha value is -2.38. The number of hydrogen-bond acceptors (Lipinski definition) is 3. The molecule has 0 N–H and O–H groups in total. The first-order valence-electron chi connectivity index (χ1n) is 7.16. The molecule has 2 amide bonds. The third-order valence-corrected chi connectivity index (χ3v) is 3.64. The van der Waals surface area contributed by atoms with Crippen molar-refractivity contribution in [3.05, 3.63) is 41.2 Å². The van der Waals surface area contributed by atoms with Gasteiger partial charge < -0.3 is 4.74 Å². The van der Waals surface area contributed by atoms with Crippen LogP contribution in [0.1, 0.15) is 25.0 Å². The number of imide groups is 1. The van der Waals surface area contributed by atoms with Gasteiger partial charge in [0.05, 0.1) is 11.6 Å². The molecule has 0 saturated carbocycles. The molecular formula is C16H15F4NO3. The fraction of sp³-hybridized carbons (Fsp3) is 0.375. The second-order valence-electron chi connectivity index (χ2n) is 5.66. The molecule has 0 aromatic heterocycles. The Morgan fingerprint density at radius 2 is 2.04 bits per heavy atom. The zero-order chi connectivity index (χ0) is 18.1. The molecule has 1 aromatic carbocycles. The van der Waals surface area contributed by atoms with Crippen LogP contribution >= 0.6 is 0 Å². The molecular weight excluding hydrogens is 330 g/mol. The Bertz CT molecular complexity index is 682. The molecule has 1 aliphatic rings. The van der Waals surface area contributed by atoms with Crippen LogP contribution < -0.4 is 0 Å². The van der Waals surface area contributed by atoms with Gasteiger partial charge in [-0.2, -0.15) is 13.2 Å². The molecule has 1 aliphatic heterocycles. The molecule has 1 heterocycles. The van der Waals surface area contributed by atoms with Gasteiger partial charge in [0.1, 0.15) is 12.4 Å². The fourth-order valence-corrected chi connectivity index (χ4v) is 2.34. The lowest BCUT2D eigenvalue weighted by atomic mass is 10.0. The van der Waals surface area contributed by atoms with Crippen LogP contribution in [0.25, 0.3) is 6.08 Å². The monoisotopic (exact) mass is 345 g/mol. The van der Waals surface area contributed by atoms with E-state index >= 15 is 0 Å². The van der Waals surface area contributed by atoms with Crippen molar-refractivity contribution in [1.29, 1.82) is 0 Å². The molecule has 1 atom stereocenters. The van der Waals surface area contributed by atoms with E-state index in [1.54, 1.807) is 13.8 Å². The summed E-state index contributed by atoms with van der Waals surface area (Å²) in [5.41, 5.74) is -1.57. The van der Waals surface area contributed by atoms with Crippen molar-refractivity contribution < 1.29 is 31.9 Å². The van der Waals surface area contributed by atoms with E-state index in [1.807, 2.05) is 0 Å². The molecule has 1 fully saturated rings. The number of rotatable bonds is 3. The van der Waals surface area contributed by atoms with E-state index in [1.165, 1.54) is 0 Å². The van der Waals surface area contributed by atoms with Crippen LogP contribution in [0.2, 0.25) is 0 Å². The number of cyclic esters (lactones) is 1. The van der Waals surface area contributed by atoms with Gasteiger partial charge in [-0.3, -0.25) is 4.79 Å². The molecule has 1 aromatic rings.